The van der Waals surface area contributed by atoms with E-state index >= 15 is 0 Å². The number of aliphatic imine (C=N–C) groups is 1. The molecule has 0 aliphatic carbocycles. The first-order chi connectivity index (χ1) is 13.9. The van der Waals surface area contributed by atoms with Crippen molar-refractivity contribution in [2.24, 2.45) is 4.99 Å². The fourth-order valence-electron chi connectivity index (χ4n) is 2.57. The van der Waals surface area contributed by atoms with Crippen LogP contribution >= 0.6 is 24.0 Å². The van der Waals surface area contributed by atoms with Crippen molar-refractivity contribution in [3.8, 4) is 5.75 Å². The maximum atomic E-state index is 12.2. The molecule has 0 radical (unpaired) electrons. The molecule has 166 valence electrons. The monoisotopic (exact) mass is 537 g/mol. The van der Waals surface area contributed by atoms with E-state index in [0.29, 0.717) is 32.2 Å². The van der Waals surface area contributed by atoms with Gasteiger partial charge in [0, 0.05) is 20.2 Å². The van der Waals surface area contributed by atoms with Crippen LogP contribution in [-0.4, -0.2) is 32.4 Å². The second-order valence-electron chi connectivity index (χ2n) is 6.30. The van der Waals surface area contributed by atoms with Crippen LogP contribution in [0.25, 0.3) is 0 Å². The Morgan fingerprint density at radius 2 is 1.67 bits per heavy atom. The Bertz CT molecular complexity index is 784. The summed E-state index contributed by atoms with van der Waals surface area (Å²) in [5.74, 6) is 0.826. The SMILES string of the molecule is CCNC(=NCc1ccc(OCC(F)(F)F)cc1)NCc1ccccc1COC.I. The van der Waals surface area contributed by atoms with Crippen LogP contribution in [-0.2, 0) is 24.4 Å². The topological polar surface area (TPSA) is 54.9 Å². The zero-order valence-corrected chi connectivity index (χ0v) is 19.3. The Labute approximate surface area is 192 Å². The van der Waals surface area contributed by atoms with Crippen molar-refractivity contribution in [2.45, 2.75) is 32.8 Å². The first kappa shape index (κ1) is 26.0. The molecule has 0 aliphatic rings. The zero-order chi connectivity index (χ0) is 21.1. The smallest absolute Gasteiger partial charge is 0.422 e. The van der Waals surface area contributed by atoms with E-state index in [4.69, 9.17) is 9.47 Å². The van der Waals surface area contributed by atoms with Crippen LogP contribution in [0.3, 0.4) is 0 Å². The standard InChI is InChI=1S/C21H26F3N3O2.HI/c1-3-25-20(27-13-17-6-4-5-7-18(17)14-28-2)26-12-16-8-10-19(11-9-16)29-15-21(22,23)24;/h4-11H,3,12-15H2,1-2H3,(H2,25,26,27);1H. The fraction of sp³-hybridized carbons (Fsp3) is 0.381. The minimum atomic E-state index is -4.35. The fourth-order valence-corrected chi connectivity index (χ4v) is 2.57. The van der Waals surface area contributed by atoms with Crippen molar-refractivity contribution in [1.29, 1.82) is 0 Å². The molecule has 0 atom stereocenters. The molecule has 2 rings (SSSR count). The molecule has 0 unspecified atom stereocenters. The number of alkyl halides is 3. The molecule has 2 aromatic rings. The van der Waals surface area contributed by atoms with Crippen LogP contribution < -0.4 is 15.4 Å². The van der Waals surface area contributed by atoms with Crippen molar-refractivity contribution in [2.75, 3.05) is 20.3 Å². The molecule has 30 heavy (non-hydrogen) atoms. The molecule has 0 heterocycles. The number of methoxy groups -OCH3 is 1. The number of nitrogens with zero attached hydrogens (tertiary/aromatic N) is 1. The molecular formula is C21H27F3IN3O2. The number of benzene rings is 2. The van der Waals surface area contributed by atoms with E-state index in [1.807, 2.05) is 31.2 Å². The van der Waals surface area contributed by atoms with Gasteiger partial charge >= 0.3 is 6.18 Å². The summed E-state index contributed by atoms with van der Waals surface area (Å²) in [7, 11) is 1.66. The van der Waals surface area contributed by atoms with E-state index in [0.717, 1.165) is 16.7 Å². The zero-order valence-electron chi connectivity index (χ0n) is 17.0. The third-order valence-corrected chi connectivity index (χ3v) is 3.95. The molecule has 2 N–H and O–H groups in total. The van der Waals surface area contributed by atoms with E-state index in [2.05, 4.69) is 15.6 Å². The van der Waals surface area contributed by atoms with Gasteiger partial charge in [-0.1, -0.05) is 36.4 Å². The molecule has 5 nitrogen and oxygen atoms in total. The maximum Gasteiger partial charge on any atom is 0.422 e. The molecule has 9 heteroatoms. The van der Waals surface area contributed by atoms with Gasteiger partial charge in [-0.2, -0.15) is 13.2 Å². The van der Waals surface area contributed by atoms with Gasteiger partial charge in [-0.3, -0.25) is 0 Å². The Hall–Kier alpha value is -2.01. The van der Waals surface area contributed by atoms with Gasteiger partial charge in [0.25, 0.3) is 0 Å². The molecule has 2 aromatic carbocycles. The predicted molar refractivity (Wildman–Crippen MR) is 122 cm³/mol. The average molecular weight is 537 g/mol. The molecule has 0 aliphatic heterocycles. The van der Waals surface area contributed by atoms with E-state index in [1.165, 1.54) is 12.1 Å². The van der Waals surface area contributed by atoms with E-state index in [-0.39, 0.29) is 29.7 Å². The van der Waals surface area contributed by atoms with E-state index in [9.17, 15) is 13.2 Å². The highest BCUT2D eigenvalue weighted by molar-refractivity contribution is 14.0. The third-order valence-electron chi connectivity index (χ3n) is 3.95. The summed E-state index contributed by atoms with van der Waals surface area (Å²) < 4.78 is 46.5. The Balaban J connectivity index is 0.00000450. The molecule has 0 saturated carbocycles. The molecule has 0 saturated heterocycles. The van der Waals surface area contributed by atoms with Gasteiger partial charge in [-0.25, -0.2) is 4.99 Å². The van der Waals surface area contributed by atoms with Crippen molar-refractivity contribution in [3.05, 3.63) is 65.2 Å². The van der Waals surface area contributed by atoms with Crippen molar-refractivity contribution < 1.29 is 22.6 Å². The van der Waals surface area contributed by atoms with Gasteiger partial charge in [0.1, 0.15) is 5.75 Å². The number of hydrogen-bond donors (Lipinski definition) is 2. The van der Waals surface area contributed by atoms with E-state index in [1.54, 1.807) is 19.2 Å². The second kappa shape index (κ2) is 13.3. The first-order valence-corrected chi connectivity index (χ1v) is 9.27. The Kier molecular flexibility index (Phi) is 11.6. The lowest BCUT2D eigenvalue weighted by atomic mass is 10.1. The largest absolute Gasteiger partial charge is 0.484 e. The summed E-state index contributed by atoms with van der Waals surface area (Å²) in [6.07, 6.45) is -4.35. The highest BCUT2D eigenvalue weighted by atomic mass is 127. The molecule has 0 bridgehead atoms. The molecule has 0 aromatic heterocycles. The average Bonchev–Trinajstić information content (AvgIpc) is 2.70. The Morgan fingerprint density at radius 1 is 1.00 bits per heavy atom. The van der Waals surface area contributed by atoms with E-state index < -0.39 is 12.8 Å². The summed E-state index contributed by atoms with van der Waals surface area (Å²) in [6, 6.07) is 14.4. The quantitative estimate of drug-likeness (QED) is 0.278. The number of nitrogens with one attached hydrogen (secondary N) is 2. The first-order valence-electron chi connectivity index (χ1n) is 9.27. The second-order valence-corrected chi connectivity index (χ2v) is 6.30. The number of rotatable bonds is 9. The normalized spacial score (nSPS) is 11.6. The van der Waals surface area contributed by atoms with Crippen LogP contribution in [0, 0.1) is 0 Å². The van der Waals surface area contributed by atoms with Crippen LogP contribution in [0.1, 0.15) is 23.6 Å². The summed E-state index contributed by atoms with van der Waals surface area (Å²) in [5, 5.41) is 6.47. The number of ether oxygens (including phenoxy) is 2. The van der Waals surface area contributed by atoms with Crippen molar-refractivity contribution in [1.82, 2.24) is 10.6 Å². The van der Waals surface area contributed by atoms with Crippen LogP contribution in [0.2, 0.25) is 0 Å². The number of hydrogen-bond acceptors (Lipinski definition) is 3. The summed E-state index contributed by atoms with van der Waals surface area (Å²) in [5.41, 5.74) is 3.08. The minimum absolute atomic E-state index is 0. The lowest BCUT2D eigenvalue weighted by molar-refractivity contribution is -0.153. The summed E-state index contributed by atoms with van der Waals surface area (Å²) in [6.45, 7) is 2.89. The Morgan fingerprint density at radius 3 is 2.27 bits per heavy atom. The lowest BCUT2D eigenvalue weighted by Crippen LogP contribution is -2.37. The lowest BCUT2D eigenvalue weighted by Gasteiger charge is -2.14. The third kappa shape index (κ3) is 9.66. The molecule has 0 amide bonds. The maximum absolute atomic E-state index is 12.2. The van der Waals surface area contributed by atoms with Gasteiger partial charge in [0.05, 0.1) is 13.2 Å². The molecule has 0 spiro atoms. The summed E-state index contributed by atoms with van der Waals surface area (Å²) >= 11 is 0. The van der Waals surface area contributed by atoms with Gasteiger partial charge in [0.2, 0.25) is 0 Å². The number of guanidine groups is 1. The summed E-state index contributed by atoms with van der Waals surface area (Å²) in [4.78, 5) is 4.53. The van der Waals surface area contributed by atoms with Gasteiger partial charge in [-0.05, 0) is 35.7 Å². The number of halogens is 4. The van der Waals surface area contributed by atoms with Crippen molar-refractivity contribution in [3.63, 3.8) is 0 Å². The van der Waals surface area contributed by atoms with Crippen molar-refractivity contribution >= 4 is 29.9 Å². The molecular weight excluding hydrogens is 510 g/mol. The minimum Gasteiger partial charge on any atom is -0.484 e. The predicted octanol–water partition coefficient (Wildman–Crippen LogP) is 4.65. The molecule has 0 fully saturated rings. The van der Waals surface area contributed by atoms with Gasteiger partial charge < -0.3 is 20.1 Å². The highest BCUT2D eigenvalue weighted by Gasteiger charge is 2.28. The van der Waals surface area contributed by atoms with Gasteiger partial charge in [-0.15, -0.1) is 24.0 Å². The van der Waals surface area contributed by atoms with Crippen LogP contribution in [0.4, 0.5) is 13.2 Å². The van der Waals surface area contributed by atoms with Crippen LogP contribution in [0.5, 0.6) is 5.75 Å². The van der Waals surface area contributed by atoms with Gasteiger partial charge in [0.15, 0.2) is 12.6 Å². The van der Waals surface area contributed by atoms with Crippen LogP contribution in [0.15, 0.2) is 53.5 Å². The highest BCUT2D eigenvalue weighted by Crippen LogP contribution is 2.19.